The van der Waals surface area contributed by atoms with Crippen LogP contribution in [0.3, 0.4) is 0 Å². The highest BCUT2D eigenvalue weighted by Gasteiger charge is 2.03. The van der Waals surface area contributed by atoms with Crippen molar-refractivity contribution in [2.24, 2.45) is 0 Å². The van der Waals surface area contributed by atoms with Crippen LogP contribution < -0.4 is 5.32 Å². The molecule has 2 heteroatoms. The fraction of sp³-hybridized carbons (Fsp3) is 0.778. The van der Waals surface area contributed by atoms with E-state index in [1.54, 1.807) is 0 Å². The molecule has 0 aliphatic carbocycles. The molecular formula is C9H20N2. The summed E-state index contributed by atoms with van der Waals surface area (Å²) in [7, 11) is 2.10. The van der Waals surface area contributed by atoms with Crippen LogP contribution in [-0.2, 0) is 0 Å². The zero-order valence-corrected chi connectivity index (χ0v) is 8.15. The van der Waals surface area contributed by atoms with Crippen molar-refractivity contribution in [3.63, 3.8) is 0 Å². The smallest absolute Gasteiger partial charge is 0.0375 e. The molecule has 0 unspecified atom stereocenters. The van der Waals surface area contributed by atoms with E-state index in [4.69, 9.17) is 0 Å². The maximum Gasteiger partial charge on any atom is 0.0375 e. The zero-order valence-electron chi connectivity index (χ0n) is 8.15. The van der Waals surface area contributed by atoms with Gasteiger partial charge in [0, 0.05) is 24.8 Å². The molecule has 66 valence electrons. The van der Waals surface area contributed by atoms with Gasteiger partial charge in [-0.05, 0) is 27.8 Å². The summed E-state index contributed by atoms with van der Waals surface area (Å²) in [5.74, 6) is 0. The summed E-state index contributed by atoms with van der Waals surface area (Å²) < 4.78 is 0. The molecule has 0 amide bonds. The first kappa shape index (κ1) is 10.5. The van der Waals surface area contributed by atoms with Gasteiger partial charge in [0.15, 0.2) is 0 Å². The van der Waals surface area contributed by atoms with Crippen molar-refractivity contribution in [2.45, 2.75) is 26.8 Å². The molecule has 0 saturated carbocycles. The van der Waals surface area contributed by atoms with Crippen LogP contribution >= 0.6 is 0 Å². The van der Waals surface area contributed by atoms with Crippen molar-refractivity contribution in [1.29, 1.82) is 0 Å². The molecule has 0 aliphatic heterocycles. The second-order valence-corrected chi connectivity index (χ2v) is 3.14. The van der Waals surface area contributed by atoms with Crippen molar-refractivity contribution >= 4 is 0 Å². The van der Waals surface area contributed by atoms with Crippen LogP contribution in [-0.4, -0.2) is 31.1 Å². The van der Waals surface area contributed by atoms with E-state index in [1.165, 1.54) is 0 Å². The van der Waals surface area contributed by atoms with Crippen molar-refractivity contribution in [1.82, 2.24) is 10.2 Å². The summed E-state index contributed by atoms with van der Waals surface area (Å²) in [6, 6.07) is 0.588. The Kier molecular flexibility index (Phi) is 4.95. The molecule has 1 N–H and O–H groups in total. The van der Waals surface area contributed by atoms with Gasteiger partial charge in [0.2, 0.25) is 0 Å². The fourth-order valence-electron chi connectivity index (χ4n) is 0.790. The largest absolute Gasteiger partial charge is 0.388 e. The average Bonchev–Trinajstić information content (AvgIpc) is 1.87. The van der Waals surface area contributed by atoms with Gasteiger partial charge in [0.25, 0.3) is 0 Å². The fourth-order valence-corrected chi connectivity index (χ4v) is 0.790. The average molecular weight is 156 g/mol. The third-order valence-electron chi connectivity index (χ3n) is 1.75. The minimum Gasteiger partial charge on any atom is -0.388 e. The quantitative estimate of drug-likeness (QED) is 0.648. The lowest BCUT2D eigenvalue weighted by molar-refractivity contribution is 0.292. The Labute approximate surface area is 70.3 Å². The van der Waals surface area contributed by atoms with Gasteiger partial charge in [-0.3, -0.25) is 4.90 Å². The van der Waals surface area contributed by atoms with Crippen LogP contribution in [0.4, 0.5) is 0 Å². The highest BCUT2D eigenvalue weighted by molar-refractivity contribution is 4.93. The van der Waals surface area contributed by atoms with Crippen molar-refractivity contribution < 1.29 is 0 Å². The van der Waals surface area contributed by atoms with E-state index in [2.05, 4.69) is 44.6 Å². The van der Waals surface area contributed by atoms with Crippen LogP contribution in [0.1, 0.15) is 20.8 Å². The van der Waals surface area contributed by atoms with Crippen LogP contribution in [0.15, 0.2) is 12.3 Å². The van der Waals surface area contributed by atoms with Gasteiger partial charge in [-0.1, -0.05) is 6.58 Å². The minimum absolute atomic E-state index is 0.588. The summed E-state index contributed by atoms with van der Waals surface area (Å²) in [5, 5.41) is 3.20. The molecule has 0 fully saturated rings. The molecule has 0 radical (unpaired) electrons. The van der Waals surface area contributed by atoms with Crippen molar-refractivity contribution in [2.75, 3.05) is 20.1 Å². The van der Waals surface area contributed by atoms with Crippen LogP contribution in [0, 0.1) is 0 Å². The normalized spacial score (nSPS) is 10.7. The SMILES string of the molecule is C=C(CN(C)C(C)C)NCC. The molecule has 0 bridgehead atoms. The van der Waals surface area contributed by atoms with E-state index >= 15 is 0 Å². The molecule has 0 spiro atoms. The first-order chi connectivity index (χ1) is 5.07. The van der Waals surface area contributed by atoms with E-state index in [-0.39, 0.29) is 0 Å². The summed E-state index contributed by atoms with van der Waals surface area (Å²) in [4.78, 5) is 2.25. The monoisotopic (exact) mass is 156 g/mol. The van der Waals surface area contributed by atoms with Crippen LogP contribution in [0.25, 0.3) is 0 Å². The number of likely N-dealkylation sites (N-methyl/N-ethyl adjacent to an activating group) is 2. The van der Waals surface area contributed by atoms with Crippen LogP contribution in [0.2, 0.25) is 0 Å². The van der Waals surface area contributed by atoms with Gasteiger partial charge in [-0.2, -0.15) is 0 Å². The number of nitrogens with one attached hydrogen (secondary N) is 1. The summed E-state index contributed by atoms with van der Waals surface area (Å²) in [6.45, 7) is 12.3. The van der Waals surface area contributed by atoms with Gasteiger partial charge in [-0.25, -0.2) is 0 Å². The molecule has 0 aromatic rings. The maximum absolute atomic E-state index is 3.91. The highest BCUT2D eigenvalue weighted by Crippen LogP contribution is 1.96. The summed E-state index contributed by atoms with van der Waals surface area (Å²) in [6.07, 6.45) is 0. The summed E-state index contributed by atoms with van der Waals surface area (Å²) >= 11 is 0. The Morgan fingerprint density at radius 1 is 1.55 bits per heavy atom. The molecule has 0 atom stereocenters. The maximum atomic E-state index is 3.91. The lowest BCUT2D eigenvalue weighted by Crippen LogP contribution is -2.31. The Balaban J connectivity index is 3.57. The number of rotatable bonds is 5. The van der Waals surface area contributed by atoms with E-state index in [0.29, 0.717) is 6.04 Å². The Morgan fingerprint density at radius 3 is 2.45 bits per heavy atom. The molecule has 2 nitrogen and oxygen atoms in total. The van der Waals surface area contributed by atoms with Gasteiger partial charge in [0.05, 0.1) is 0 Å². The first-order valence-corrected chi connectivity index (χ1v) is 4.19. The zero-order chi connectivity index (χ0) is 8.85. The van der Waals surface area contributed by atoms with Crippen molar-refractivity contribution in [3.8, 4) is 0 Å². The first-order valence-electron chi connectivity index (χ1n) is 4.19. The third kappa shape index (κ3) is 4.85. The second-order valence-electron chi connectivity index (χ2n) is 3.14. The second kappa shape index (κ2) is 5.19. The predicted molar refractivity (Wildman–Crippen MR) is 50.6 cm³/mol. The molecule has 0 rings (SSSR count). The molecule has 11 heavy (non-hydrogen) atoms. The van der Waals surface area contributed by atoms with E-state index < -0.39 is 0 Å². The molecule has 0 aromatic heterocycles. The van der Waals surface area contributed by atoms with Gasteiger partial charge < -0.3 is 5.32 Å². The molecular weight excluding hydrogens is 136 g/mol. The number of hydrogen-bond acceptors (Lipinski definition) is 2. The van der Waals surface area contributed by atoms with E-state index in [9.17, 15) is 0 Å². The van der Waals surface area contributed by atoms with Gasteiger partial charge in [0.1, 0.15) is 0 Å². The molecule has 0 aromatic carbocycles. The van der Waals surface area contributed by atoms with Gasteiger partial charge in [-0.15, -0.1) is 0 Å². The molecule has 0 aliphatic rings. The Morgan fingerprint density at radius 2 is 2.09 bits per heavy atom. The third-order valence-corrected chi connectivity index (χ3v) is 1.75. The molecule has 0 heterocycles. The number of nitrogens with zero attached hydrogens (tertiary/aromatic N) is 1. The van der Waals surface area contributed by atoms with E-state index in [0.717, 1.165) is 18.8 Å². The minimum atomic E-state index is 0.588. The predicted octanol–water partition coefficient (Wildman–Crippen LogP) is 1.45. The Hall–Kier alpha value is -0.500. The topological polar surface area (TPSA) is 15.3 Å². The lowest BCUT2D eigenvalue weighted by atomic mass is 10.3. The van der Waals surface area contributed by atoms with E-state index in [1.807, 2.05) is 0 Å². The van der Waals surface area contributed by atoms with Crippen LogP contribution in [0.5, 0.6) is 0 Å². The van der Waals surface area contributed by atoms with Gasteiger partial charge >= 0.3 is 0 Å². The van der Waals surface area contributed by atoms with Crippen molar-refractivity contribution in [3.05, 3.63) is 12.3 Å². The summed E-state index contributed by atoms with van der Waals surface area (Å²) in [5.41, 5.74) is 1.10. The molecule has 0 saturated heterocycles. The Bertz CT molecular complexity index is 119. The number of hydrogen-bond donors (Lipinski definition) is 1. The highest BCUT2D eigenvalue weighted by atomic mass is 15.1. The standard InChI is InChI=1S/C9H20N2/c1-6-10-9(4)7-11(5)8(2)3/h8,10H,4,6-7H2,1-3,5H3. The lowest BCUT2D eigenvalue weighted by Gasteiger charge is -2.22.